The Morgan fingerprint density at radius 1 is 1.29 bits per heavy atom. The minimum absolute atomic E-state index is 0.102. The molecule has 0 bridgehead atoms. The molecule has 0 unspecified atom stereocenters. The van der Waals surface area contributed by atoms with Crippen LogP contribution in [0.4, 0.5) is 5.69 Å². The molecule has 8 nitrogen and oxygen atoms in total. The Kier molecular flexibility index (Phi) is 5.05. The quantitative estimate of drug-likeness (QED) is 0.398. The lowest BCUT2D eigenvalue weighted by Crippen LogP contribution is -2.14. The van der Waals surface area contributed by atoms with Crippen molar-refractivity contribution in [2.24, 2.45) is 7.05 Å². The number of thioether (sulfide) groups is 1. The molecule has 28 heavy (non-hydrogen) atoms. The number of rotatable bonds is 5. The molecular formula is C18H17N7OS2. The number of nitrogens with one attached hydrogen (secondary N) is 1. The van der Waals surface area contributed by atoms with Gasteiger partial charge < -0.3 is 5.32 Å². The number of nitrogens with zero attached hydrogens (tertiary/aromatic N) is 6. The first-order valence-corrected chi connectivity index (χ1v) is 10.3. The van der Waals surface area contributed by atoms with Gasteiger partial charge in [0, 0.05) is 28.6 Å². The van der Waals surface area contributed by atoms with Crippen molar-refractivity contribution >= 4 is 44.9 Å². The molecule has 0 aliphatic carbocycles. The summed E-state index contributed by atoms with van der Waals surface area (Å²) in [5, 5.41) is 16.3. The van der Waals surface area contributed by atoms with Crippen molar-refractivity contribution in [2.75, 3.05) is 11.1 Å². The Hall–Kier alpha value is -2.85. The number of fused-ring (bicyclic) bond motifs is 1. The number of carbonyl (C=O) groups is 1. The van der Waals surface area contributed by atoms with Gasteiger partial charge >= 0.3 is 0 Å². The SMILES string of the molecule is Cc1sc2ncnc(SCC(=O)Nc3cccc(-c4nnnn4C)c3)c2c1C. The van der Waals surface area contributed by atoms with E-state index in [-0.39, 0.29) is 11.7 Å². The summed E-state index contributed by atoms with van der Waals surface area (Å²) in [6, 6.07) is 7.45. The Balaban J connectivity index is 1.47. The number of amides is 1. The molecule has 1 aromatic carbocycles. The van der Waals surface area contributed by atoms with E-state index in [2.05, 4.69) is 44.7 Å². The minimum atomic E-state index is -0.102. The van der Waals surface area contributed by atoms with Crippen LogP contribution >= 0.6 is 23.1 Å². The van der Waals surface area contributed by atoms with Gasteiger partial charge in [-0.3, -0.25) is 4.79 Å². The molecule has 0 radical (unpaired) electrons. The number of tetrazole rings is 1. The molecule has 0 atom stereocenters. The summed E-state index contributed by atoms with van der Waals surface area (Å²) in [6.07, 6.45) is 1.55. The van der Waals surface area contributed by atoms with Crippen LogP contribution in [-0.2, 0) is 11.8 Å². The van der Waals surface area contributed by atoms with E-state index in [1.54, 1.807) is 29.4 Å². The van der Waals surface area contributed by atoms with Crippen molar-refractivity contribution in [3.63, 3.8) is 0 Å². The largest absolute Gasteiger partial charge is 0.325 e. The van der Waals surface area contributed by atoms with E-state index in [0.29, 0.717) is 11.5 Å². The number of hydrogen-bond donors (Lipinski definition) is 1. The van der Waals surface area contributed by atoms with Gasteiger partial charge in [0.25, 0.3) is 0 Å². The summed E-state index contributed by atoms with van der Waals surface area (Å²) in [7, 11) is 1.77. The molecule has 1 amide bonds. The Bertz CT molecular complexity index is 1170. The molecule has 10 heteroatoms. The van der Waals surface area contributed by atoms with Crippen LogP contribution in [0.3, 0.4) is 0 Å². The molecule has 142 valence electrons. The van der Waals surface area contributed by atoms with Crippen molar-refractivity contribution in [1.82, 2.24) is 30.2 Å². The van der Waals surface area contributed by atoms with Crippen molar-refractivity contribution in [3.05, 3.63) is 41.0 Å². The molecule has 3 heterocycles. The van der Waals surface area contributed by atoms with Gasteiger partial charge in [-0.25, -0.2) is 14.6 Å². The van der Waals surface area contributed by atoms with E-state index < -0.39 is 0 Å². The first-order chi connectivity index (χ1) is 13.5. The summed E-state index contributed by atoms with van der Waals surface area (Å²) >= 11 is 3.06. The lowest BCUT2D eigenvalue weighted by atomic mass is 10.2. The fourth-order valence-electron chi connectivity index (χ4n) is 2.80. The fraction of sp³-hybridized carbons (Fsp3) is 0.222. The maximum absolute atomic E-state index is 12.5. The number of aryl methyl sites for hydroxylation is 3. The number of anilines is 1. The molecule has 0 spiro atoms. The van der Waals surface area contributed by atoms with Crippen LogP contribution in [0, 0.1) is 13.8 Å². The van der Waals surface area contributed by atoms with Crippen LogP contribution in [0.5, 0.6) is 0 Å². The number of hydrogen-bond acceptors (Lipinski definition) is 8. The van der Waals surface area contributed by atoms with Gasteiger partial charge in [0.2, 0.25) is 5.91 Å². The van der Waals surface area contributed by atoms with Crippen LogP contribution in [0.2, 0.25) is 0 Å². The predicted molar refractivity (Wildman–Crippen MR) is 110 cm³/mol. The summed E-state index contributed by atoms with van der Waals surface area (Å²) < 4.78 is 1.59. The molecule has 1 N–H and O–H groups in total. The highest BCUT2D eigenvalue weighted by atomic mass is 32.2. The van der Waals surface area contributed by atoms with Crippen LogP contribution in [0.15, 0.2) is 35.6 Å². The average molecular weight is 412 g/mol. The van der Waals surface area contributed by atoms with E-state index in [0.717, 1.165) is 20.8 Å². The van der Waals surface area contributed by atoms with Gasteiger partial charge in [0.05, 0.1) is 5.75 Å². The van der Waals surface area contributed by atoms with Crippen molar-refractivity contribution in [1.29, 1.82) is 0 Å². The number of thiophene rings is 1. The Labute approximate surface area is 169 Å². The highest BCUT2D eigenvalue weighted by Gasteiger charge is 2.14. The topological polar surface area (TPSA) is 98.5 Å². The lowest BCUT2D eigenvalue weighted by Gasteiger charge is -2.07. The van der Waals surface area contributed by atoms with Crippen LogP contribution in [0.25, 0.3) is 21.6 Å². The number of benzene rings is 1. The molecule has 4 rings (SSSR count). The van der Waals surface area contributed by atoms with Crippen LogP contribution < -0.4 is 5.32 Å². The van der Waals surface area contributed by atoms with Crippen molar-refractivity contribution in [3.8, 4) is 11.4 Å². The summed E-state index contributed by atoms with van der Waals surface area (Å²) in [5.41, 5.74) is 2.70. The molecule has 0 saturated heterocycles. The predicted octanol–water partition coefficient (Wildman–Crippen LogP) is 3.23. The number of carbonyl (C=O) groups excluding carboxylic acids is 1. The summed E-state index contributed by atoms with van der Waals surface area (Å²) in [5.74, 6) is 0.794. The fourth-order valence-corrected chi connectivity index (χ4v) is 4.72. The van der Waals surface area contributed by atoms with Crippen LogP contribution in [0.1, 0.15) is 10.4 Å². The maximum Gasteiger partial charge on any atom is 0.234 e. The lowest BCUT2D eigenvalue weighted by molar-refractivity contribution is -0.113. The van der Waals surface area contributed by atoms with Gasteiger partial charge in [0.15, 0.2) is 5.82 Å². The van der Waals surface area contributed by atoms with E-state index >= 15 is 0 Å². The second-order valence-electron chi connectivity index (χ2n) is 6.19. The van der Waals surface area contributed by atoms with Crippen molar-refractivity contribution < 1.29 is 4.79 Å². The Morgan fingerprint density at radius 2 is 2.14 bits per heavy atom. The maximum atomic E-state index is 12.5. The first kappa shape index (κ1) is 18.5. The van der Waals surface area contributed by atoms with Gasteiger partial charge in [-0.2, -0.15) is 0 Å². The standard InChI is InChI=1S/C18H17N7OS2/c1-10-11(2)28-18-15(10)17(19-9-20-18)27-8-14(26)21-13-6-4-5-12(7-13)16-22-23-24-25(16)3/h4-7,9H,8H2,1-3H3,(H,21,26). The average Bonchev–Trinajstić information content (AvgIpc) is 3.24. The molecular weight excluding hydrogens is 394 g/mol. The summed E-state index contributed by atoms with van der Waals surface area (Å²) in [4.78, 5) is 23.3. The number of aromatic nitrogens is 6. The second-order valence-corrected chi connectivity index (χ2v) is 8.35. The van der Waals surface area contributed by atoms with E-state index in [1.807, 2.05) is 24.3 Å². The highest BCUT2D eigenvalue weighted by Crippen LogP contribution is 2.34. The molecule has 4 aromatic rings. The monoisotopic (exact) mass is 411 g/mol. The third kappa shape index (κ3) is 3.60. The van der Waals surface area contributed by atoms with E-state index in [1.165, 1.54) is 22.2 Å². The molecule has 0 aliphatic heterocycles. The van der Waals surface area contributed by atoms with Gasteiger partial charge in [-0.05, 0) is 42.0 Å². The highest BCUT2D eigenvalue weighted by molar-refractivity contribution is 8.00. The third-order valence-electron chi connectivity index (χ3n) is 4.30. The van der Waals surface area contributed by atoms with E-state index in [4.69, 9.17) is 0 Å². The van der Waals surface area contributed by atoms with Crippen molar-refractivity contribution in [2.45, 2.75) is 18.9 Å². The van der Waals surface area contributed by atoms with Gasteiger partial charge in [0.1, 0.15) is 16.2 Å². The third-order valence-corrected chi connectivity index (χ3v) is 6.40. The Morgan fingerprint density at radius 3 is 2.93 bits per heavy atom. The first-order valence-electron chi connectivity index (χ1n) is 8.49. The zero-order valence-electron chi connectivity index (χ0n) is 15.5. The van der Waals surface area contributed by atoms with Gasteiger partial charge in [-0.15, -0.1) is 16.4 Å². The second kappa shape index (κ2) is 7.64. The van der Waals surface area contributed by atoms with Crippen LogP contribution in [-0.4, -0.2) is 41.8 Å². The normalized spacial score (nSPS) is 11.1. The zero-order chi connectivity index (χ0) is 19.7. The van der Waals surface area contributed by atoms with E-state index in [9.17, 15) is 4.79 Å². The smallest absolute Gasteiger partial charge is 0.234 e. The molecule has 0 fully saturated rings. The summed E-state index contributed by atoms with van der Waals surface area (Å²) in [6.45, 7) is 4.14. The zero-order valence-corrected chi connectivity index (χ0v) is 17.1. The molecule has 3 aromatic heterocycles. The molecule has 0 aliphatic rings. The van der Waals surface area contributed by atoms with Gasteiger partial charge in [-0.1, -0.05) is 23.9 Å². The molecule has 0 saturated carbocycles. The minimum Gasteiger partial charge on any atom is -0.325 e.